The Labute approximate surface area is 158 Å². The van der Waals surface area contributed by atoms with Gasteiger partial charge in [-0.25, -0.2) is 0 Å². The van der Waals surface area contributed by atoms with Gasteiger partial charge in [0.1, 0.15) is 5.76 Å². The Hall–Kier alpha value is -2.19. The van der Waals surface area contributed by atoms with Crippen LogP contribution in [0.4, 0.5) is 5.82 Å². The Morgan fingerprint density at radius 1 is 1.27 bits per heavy atom. The Bertz CT molecular complexity index is 695. The molecule has 0 aliphatic rings. The number of nitrogens with one attached hydrogen (secondary N) is 1. The average Bonchev–Trinajstić information content (AvgIpc) is 3.26. The summed E-state index contributed by atoms with van der Waals surface area (Å²) in [4.78, 5) is 29.9. The fourth-order valence-electron chi connectivity index (χ4n) is 2.55. The number of carbonyl (C=O) groups excluding carboxylic acids is 2. The predicted octanol–water partition coefficient (Wildman–Crippen LogP) is 2.40. The smallest absolute Gasteiger partial charge is 0.245 e. The average molecular weight is 378 g/mol. The summed E-state index contributed by atoms with van der Waals surface area (Å²) in [7, 11) is 0. The van der Waals surface area contributed by atoms with Gasteiger partial charge in [0, 0.05) is 24.0 Å². The van der Waals surface area contributed by atoms with Gasteiger partial charge in [-0.1, -0.05) is 25.1 Å². The molecular weight excluding hydrogens is 352 g/mol. The standard InChI is InChI=1S/C18H26N4O3S/c1-4-21(5-2)8-9-22(18(24)12-15-7-6-10-26-15)13-17(23)19-16-11-14(3)25-20-16/h6-7,10-11H,4-5,8-9,12-13H2,1-3H3,(H,19,20,23). The van der Waals surface area contributed by atoms with Gasteiger partial charge < -0.3 is 19.6 Å². The fourth-order valence-corrected chi connectivity index (χ4v) is 3.24. The summed E-state index contributed by atoms with van der Waals surface area (Å²) in [6.07, 6.45) is 0.312. The van der Waals surface area contributed by atoms with Crippen LogP contribution < -0.4 is 5.32 Å². The van der Waals surface area contributed by atoms with Gasteiger partial charge in [-0.2, -0.15) is 0 Å². The molecule has 0 saturated carbocycles. The third kappa shape index (κ3) is 6.27. The molecule has 142 valence electrons. The van der Waals surface area contributed by atoms with Crippen LogP contribution in [-0.2, 0) is 16.0 Å². The molecular formula is C18H26N4O3S. The van der Waals surface area contributed by atoms with Crippen LogP contribution in [0.3, 0.4) is 0 Å². The molecule has 0 aromatic carbocycles. The molecule has 0 bridgehead atoms. The molecule has 2 rings (SSSR count). The van der Waals surface area contributed by atoms with Crippen molar-refractivity contribution < 1.29 is 14.1 Å². The maximum absolute atomic E-state index is 12.7. The lowest BCUT2D eigenvalue weighted by molar-refractivity contribution is -0.134. The van der Waals surface area contributed by atoms with E-state index in [0.29, 0.717) is 24.5 Å². The molecule has 0 aliphatic heterocycles. The molecule has 2 heterocycles. The summed E-state index contributed by atoms with van der Waals surface area (Å²) in [6.45, 7) is 8.99. The Morgan fingerprint density at radius 2 is 2.04 bits per heavy atom. The van der Waals surface area contributed by atoms with Crippen molar-refractivity contribution in [3.05, 3.63) is 34.2 Å². The van der Waals surface area contributed by atoms with Crippen LogP contribution in [-0.4, -0.2) is 59.5 Å². The van der Waals surface area contributed by atoms with Gasteiger partial charge in [-0.15, -0.1) is 11.3 Å². The Morgan fingerprint density at radius 3 is 2.62 bits per heavy atom. The molecule has 0 atom stereocenters. The van der Waals surface area contributed by atoms with Crippen molar-refractivity contribution in [1.29, 1.82) is 0 Å². The molecule has 1 N–H and O–H groups in total. The van der Waals surface area contributed by atoms with Crippen molar-refractivity contribution >= 4 is 29.0 Å². The molecule has 0 saturated heterocycles. The van der Waals surface area contributed by atoms with E-state index in [0.717, 1.165) is 24.5 Å². The number of hydrogen-bond acceptors (Lipinski definition) is 6. The van der Waals surface area contributed by atoms with E-state index in [4.69, 9.17) is 4.52 Å². The molecule has 2 aromatic rings. The minimum absolute atomic E-state index is 0.00259. The topological polar surface area (TPSA) is 78.7 Å². The van der Waals surface area contributed by atoms with Crippen LogP contribution in [0.5, 0.6) is 0 Å². The monoisotopic (exact) mass is 378 g/mol. The van der Waals surface area contributed by atoms with Gasteiger partial charge >= 0.3 is 0 Å². The highest BCUT2D eigenvalue weighted by Crippen LogP contribution is 2.11. The SMILES string of the molecule is CCN(CC)CCN(CC(=O)Nc1cc(C)on1)C(=O)Cc1cccs1. The van der Waals surface area contributed by atoms with Crippen molar-refractivity contribution in [3.8, 4) is 0 Å². The fraction of sp³-hybridized carbons (Fsp3) is 0.500. The number of likely N-dealkylation sites (N-methyl/N-ethyl adjacent to an activating group) is 1. The Balaban J connectivity index is 1.98. The van der Waals surface area contributed by atoms with Gasteiger partial charge in [0.2, 0.25) is 11.8 Å². The number of thiophene rings is 1. The number of aryl methyl sites for hydroxylation is 1. The minimum Gasteiger partial charge on any atom is -0.360 e. The number of aromatic nitrogens is 1. The zero-order valence-electron chi connectivity index (χ0n) is 15.5. The van der Waals surface area contributed by atoms with Crippen LogP contribution in [0.15, 0.2) is 28.1 Å². The molecule has 0 aliphatic carbocycles. The number of rotatable bonds is 10. The third-order valence-electron chi connectivity index (χ3n) is 4.07. The van der Waals surface area contributed by atoms with Crippen LogP contribution >= 0.6 is 11.3 Å². The van der Waals surface area contributed by atoms with Gasteiger partial charge in [0.15, 0.2) is 5.82 Å². The van der Waals surface area contributed by atoms with Crippen molar-refractivity contribution in [3.63, 3.8) is 0 Å². The van der Waals surface area contributed by atoms with Gasteiger partial charge in [0.05, 0.1) is 13.0 Å². The first kappa shape index (κ1) is 20.1. The van der Waals surface area contributed by atoms with E-state index in [1.807, 2.05) is 17.5 Å². The zero-order valence-corrected chi connectivity index (χ0v) is 16.3. The Kier molecular flexibility index (Phi) is 7.80. The van der Waals surface area contributed by atoms with E-state index in [1.54, 1.807) is 29.2 Å². The van der Waals surface area contributed by atoms with Gasteiger partial charge in [-0.3, -0.25) is 9.59 Å². The maximum atomic E-state index is 12.7. The number of anilines is 1. The molecule has 0 spiro atoms. The first-order valence-corrected chi connectivity index (χ1v) is 9.65. The number of nitrogens with zero attached hydrogens (tertiary/aromatic N) is 3. The van der Waals surface area contributed by atoms with E-state index in [2.05, 4.69) is 29.2 Å². The molecule has 0 unspecified atom stereocenters. The van der Waals surface area contributed by atoms with E-state index < -0.39 is 0 Å². The van der Waals surface area contributed by atoms with E-state index in [1.165, 1.54) is 0 Å². The summed E-state index contributed by atoms with van der Waals surface area (Å²) in [5, 5.41) is 8.37. The summed E-state index contributed by atoms with van der Waals surface area (Å²) in [5.41, 5.74) is 0. The lowest BCUT2D eigenvalue weighted by Crippen LogP contribution is -2.43. The summed E-state index contributed by atoms with van der Waals surface area (Å²) in [6, 6.07) is 5.50. The van der Waals surface area contributed by atoms with Crippen LogP contribution in [0.2, 0.25) is 0 Å². The second-order valence-corrected chi connectivity index (χ2v) is 7.00. The molecule has 26 heavy (non-hydrogen) atoms. The molecule has 8 heteroatoms. The second kappa shape index (κ2) is 10.1. The minimum atomic E-state index is -0.280. The lowest BCUT2D eigenvalue weighted by Gasteiger charge is -2.26. The number of amides is 2. The van der Waals surface area contributed by atoms with Crippen molar-refractivity contribution in [2.24, 2.45) is 0 Å². The molecule has 2 aromatic heterocycles. The third-order valence-corrected chi connectivity index (χ3v) is 4.95. The first-order chi connectivity index (χ1) is 12.5. The zero-order chi connectivity index (χ0) is 18.9. The van der Waals surface area contributed by atoms with Crippen LogP contribution in [0.25, 0.3) is 0 Å². The largest absolute Gasteiger partial charge is 0.360 e. The van der Waals surface area contributed by atoms with Crippen molar-refractivity contribution in [2.75, 3.05) is 38.0 Å². The van der Waals surface area contributed by atoms with Crippen LogP contribution in [0.1, 0.15) is 24.5 Å². The molecule has 0 fully saturated rings. The highest BCUT2D eigenvalue weighted by molar-refractivity contribution is 7.10. The van der Waals surface area contributed by atoms with Gasteiger partial charge in [0.25, 0.3) is 0 Å². The number of carbonyl (C=O) groups is 2. The first-order valence-electron chi connectivity index (χ1n) is 8.77. The summed E-state index contributed by atoms with van der Waals surface area (Å²) < 4.78 is 4.95. The van der Waals surface area contributed by atoms with Crippen molar-refractivity contribution in [2.45, 2.75) is 27.2 Å². The maximum Gasteiger partial charge on any atom is 0.245 e. The van der Waals surface area contributed by atoms with E-state index >= 15 is 0 Å². The normalized spacial score (nSPS) is 10.9. The van der Waals surface area contributed by atoms with E-state index in [-0.39, 0.29) is 18.4 Å². The predicted molar refractivity (Wildman–Crippen MR) is 102 cm³/mol. The van der Waals surface area contributed by atoms with Crippen molar-refractivity contribution in [1.82, 2.24) is 15.0 Å². The molecule has 7 nitrogen and oxygen atoms in total. The van der Waals surface area contributed by atoms with Gasteiger partial charge in [-0.05, 0) is 31.5 Å². The van der Waals surface area contributed by atoms with E-state index in [9.17, 15) is 9.59 Å². The second-order valence-electron chi connectivity index (χ2n) is 5.97. The summed E-state index contributed by atoms with van der Waals surface area (Å²) >= 11 is 1.55. The lowest BCUT2D eigenvalue weighted by atomic mass is 10.3. The molecule has 0 radical (unpaired) electrons. The van der Waals surface area contributed by atoms with Crippen LogP contribution in [0, 0.1) is 6.92 Å². The highest BCUT2D eigenvalue weighted by atomic mass is 32.1. The quantitative estimate of drug-likeness (QED) is 0.687. The summed E-state index contributed by atoms with van der Waals surface area (Å²) in [5.74, 6) is 0.651. The number of hydrogen-bond donors (Lipinski definition) is 1. The highest BCUT2D eigenvalue weighted by Gasteiger charge is 2.19. The molecule has 2 amide bonds.